The van der Waals surface area contributed by atoms with Crippen LogP contribution < -0.4 is 5.73 Å². The Hall–Kier alpha value is -1.06. The molecule has 0 saturated carbocycles. The van der Waals surface area contributed by atoms with Crippen molar-refractivity contribution in [2.45, 2.75) is 64.3 Å². The minimum Gasteiger partial charge on any atom is -0.385 e. The number of unbranched alkanes of at least 4 members (excludes halogenated alkanes) is 6. The Kier molecular flexibility index (Phi) is 6.01. The maximum atomic E-state index is 11.3. The lowest BCUT2D eigenvalue weighted by Crippen LogP contribution is -2.37. The molecule has 1 aliphatic heterocycles. The van der Waals surface area contributed by atoms with Crippen LogP contribution in [0.25, 0.3) is 0 Å². The quantitative estimate of drug-likeness (QED) is 0.662. The van der Waals surface area contributed by atoms with Crippen molar-refractivity contribution in [2.75, 3.05) is 7.05 Å². The zero-order valence-corrected chi connectivity index (χ0v) is 11.1. The monoisotopic (exact) mass is 239 g/mol. The van der Waals surface area contributed by atoms with Crippen LogP contribution in [-0.4, -0.2) is 29.9 Å². The van der Waals surface area contributed by atoms with Gasteiger partial charge in [0.1, 0.15) is 5.84 Å². The number of amidine groups is 1. The summed E-state index contributed by atoms with van der Waals surface area (Å²) in [6, 6.07) is -0.159. The van der Waals surface area contributed by atoms with E-state index in [1.54, 1.807) is 11.9 Å². The Morgan fingerprint density at radius 3 is 2.29 bits per heavy atom. The predicted molar refractivity (Wildman–Crippen MR) is 71.2 cm³/mol. The van der Waals surface area contributed by atoms with E-state index in [0.717, 1.165) is 12.8 Å². The zero-order valence-electron chi connectivity index (χ0n) is 11.1. The van der Waals surface area contributed by atoms with Crippen LogP contribution in [0.1, 0.15) is 58.3 Å². The summed E-state index contributed by atoms with van der Waals surface area (Å²) in [5.41, 5.74) is 5.73. The highest BCUT2D eigenvalue weighted by atomic mass is 16.2. The number of carbonyl (C=O) groups is 1. The van der Waals surface area contributed by atoms with Gasteiger partial charge in [0.15, 0.2) is 0 Å². The third kappa shape index (κ3) is 4.36. The number of likely N-dealkylation sites (N-methyl/N-ethyl adjacent to an activating group) is 1. The van der Waals surface area contributed by atoms with Crippen LogP contribution in [-0.2, 0) is 0 Å². The normalized spacial score (nSPS) is 19.9. The molecule has 1 rings (SSSR count). The van der Waals surface area contributed by atoms with Crippen molar-refractivity contribution in [3.8, 4) is 0 Å². The molecule has 0 bridgehead atoms. The fourth-order valence-corrected chi connectivity index (χ4v) is 2.23. The maximum Gasteiger partial charge on any atom is 0.345 e. The van der Waals surface area contributed by atoms with Crippen molar-refractivity contribution in [3.63, 3.8) is 0 Å². The van der Waals surface area contributed by atoms with Gasteiger partial charge in [0.25, 0.3) is 0 Å². The first kappa shape index (κ1) is 14.0. The summed E-state index contributed by atoms with van der Waals surface area (Å²) >= 11 is 0. The number of carbonyl (C=O) groups excluding carboxylic acids is 1. The first-order chi connectivity index (χ1) is 8.16. The SMILES string of the molecule is CCCCCCCCCC1C(N)=NC(=O)N1C. The molecule has 98 valence electrons. The smallest absolute Gasteiger partial charge is 0.345 e. The molecule has 1 heterocycles. The molecule has 17 heavy (non-hydrogen) atoms. The fourth-order valence-electron chi connectivity index (χ4n) is 2.23. The lowest BCUT2D eigenvalue weighted by atomic mass is 10.0. The summed E-state index contributed by atoms with van der Waals surface area (Å²) in [5, 5.41) is 0. The number of nitrogens with two attached hydrogens (primary N) is 1. The van der Waals surface area contributed by atoms with Crippen molar-refractivity contribution in [2.24, 2.45) is 10.7 Å². The molecule has 2 amide bonds. The molecular formula is C13H25N3O. The number of hydrogen-bond acceptors (Lipinski definition) is 2. The van der Waals surface area contributed by atoms with Gasteiger partial charge in [-0.2, -0.15) is 4.99 Å². The summed E-state index contributed by atoms with van der Waals surface area (Å²) in [5.74, 6) is 0.489. The van der Waals surface area contributed by atoms with Gasteiger partial charge in [0.05, 0.1) is 6.04 Å². The standard InChI is InChI=1S/C13H25N3O/c1-3-4-5-6-7-8-9-10-11-12(14)15-13(17)16(11)2/h11H,3-10H2,1-2H3,(H2,14,15,17). The lowest BCUT2D eigenvalue weighted by Gasteiger charge is -2.19. The minimum atomic E-state index is -0.199. The highest BCUT2D eigenvalue weighted by Gasteiger charge is 2.29. The second-order valence-corrected chi connectivity index (χ2v) is 4.86. The first-order valence-electron chi connectivity index (χ1n) is 6.77. The second kappa shape index (κ2) is 7.30. The van der Waals surface area contributed by atoms with E-state index in [2.05, 4.69) is 11.9 Å². The molecule has 0 aromatic carbocycles. The van der Waals surface area contributed by atoms with Gasteiger partial charge in [-0.15, -0.1) is 0 Å². The number of hydrogen-bond donors (Lipinski definition) is 1. The Balaban J connectivity index is 2.07. The lowest BCUT2D eigenvalue weighted by molar-refractivity contribution is 0.216. The molecular weight excluding hydrogens is 214 g/mol. The van der Waals surface area contributed by atoms with Crippen LogP contribution in [0.3, 0.4) is 0 Å². The van der Waals surface area contributed by atoms with Crippen LogP contribution in [0.15, 0.2) is 4.99 Å². The van der Waals surface area contributed by atoms with E-state index in [9.17, 15) is 4.79 Å². The molecule has 1 unspecified atom stereocenters. The molecule has 4 heteroatoms. The van der Waals surface area contributed by atoms with Crippen molar-refractivity contribution >= 4 is 11.9 Å². The van der Waals surface area contributed by atoms with E-state index >= 15 is 0 Å². The van der Waals surface area contributed by atoms with Gasteiger partial charge >= 0.3 is 6.03 Å². The van der Waals surface area contributed by atoms with Gasteiger partial charge < -0.3 is 10.6 Å². The molecule has 0 aromatic heterocycles. The fraction of sp³-hybridized carbons (Fsp3) is 0.846. The van der Waals surface area contributed by atoms with Gasteiger partial charge in [-0.1, -0.05) is 51.9 Å². The Bertz CT molecular complexity index is 276. The topological polar surface area (TPSA) is 58.7 Å². The second-order valence-electron chi connectivity index (χ2n) is 4.86. The summed E-state index contributed by atoms with van der Waals surface area (Å²) in [4.78, 5) is 16.7. The van der Waals surface area contributed by atoms with Crippen LogP contribution in [0.2, 0.25) is 0 Å². The number of aliphatic imine (C=N–C) groups is 1. The maximum absolute atomic E-state index is 11.3. The summed E-state index contributed by atoms with van der Waals surface area (Å²) < 4.78 is 0. The molecule has 0 radical (unpaired) electrons. The number of amides is 2. The molecule has 4 nitrogen and oxygen atoms in total. The zero-order chi connectivity index (χ0) is 12.7. The van der Waals surface area contributed by atoms with Gasteiger partial charge in [0, 0.05) is 7.05 Å². The summed E-state index contributed by atoms with van der Waals surface area (Å²) in [6.45, 7) is 2.23. The largest absolute Gasteiger partial charge is 0.385 e. The van der Waals surface area contributed by atoms with E-state index in [1.807, 2.05) is 0 Å². The van der Waals surface area contributed by atoms with E-state index in [0.29, 0.717) is 5.84 Å². The number of urea groups is 1. The molecule has 1 aliphatic rings. The van der Waals surface area contributed by atoms with Gasteiger partial charge in [-0.05, 0) is 6.42 Å². The van der Waals surface area contributed by atoms with E-state index in [1.165, 1.54) is 38.5 Å². The highest BCUT2D eigenvalue weighted by Crippen LogP contribution is 2.16. The van der Waals surface area contributed by atoms with Crippen LogP contribution >= 0.6 is 0 Å². The van der Waals surface area contributed by atoms with E-state index in [-0.39, 0.29) is 12.1 Å². The van der Waals surface area contributed by atoms with Crippen molar-refractivity contribution < 1.29 is 4.79 Å². The number of nitrogens with zero attached hydrogens (tertiary/aromatic N) is 2. The first-order valence-corrected chi connectivity index (χ1v) is 6.77. The van der Waals surface area contributed by atoms with E-state index in [4.69, 9.17) is 5.73 Å². The minimum absolute atomic E-state index is 0.0399. The van der Waals surface area contributed by atoms with Crippen LogP contribution in [0, 0.1) is 0 Å². The highest BCUT2D eigenvalue weighted by molar-refractivity contribution is 6.02. The van der Waals surface area contributed by atoms with Gasteiger partial charge in [-0.25, -0.2) is 4.79 Å². The average molecular weight is 239 g/mol. The van der Waals surface area contributed by atoms with Crippen molar-refractivity contribution in [3.05, 3.63) is 0 Å². The van der Waals surface area contributed by atoms with Crippen molar-refractivity contribution in [1.82, 2.24) is 4.90 Å². The predicted octanol–water partition coefficient (Wildman–Crippen LogP) is 2.92. The summed E-state index contributed by atoms with van der Waals surface area (Å²) in [7, 11) is 1.78. The number of rotatable bonds is 8. The summed E-state index contributed by atoms with van der Waals surface area (Å²) in [6.07, 6.45) is 9.92. The Morgan fingerprint density at radius 1 is 1.18 bits per heavy atom. The van der Waals surface area contributed by atoms with Gasteiger partial charge in [0.2, 0.25) is 0 Å². The molecule has 0 spiro atoms. The molecule has 0 fully saturated rings. The van der Waals surface area contributed by atoms with Crippen molar-refractivity contribution in [1.29, 1.82) is 0 Å². The molecule has 0 saturated heterocycles. The molecule has 1 atom stereocenters. The van der Waals surface area contributed by atoms with E-state index < -0.39 is 0 Å². The molecule has 0 aromatic rings. The third-order valence-corrected chi connectivity index (χ3v) is 3.42. The Morgan fingerprint density at radius 2 is 1.76 bits per heavy atom. The average Bonchev–Trinajstić information content (AvgIpc) is 2.54. The molecule has 2 N–H and O–H groups in total. The van der Waals surface area contributed by atoms with Crippen LogP contribution in [0.5, 0.6) is 0 Å². The molecule has 0 aliphatic carbocycles. The third-order valence-electron chi connectivity index (χ3n) is 3.42. The Labute approximate surface area is 104 Å². The van der Waals surface area contributed by atoms with Gasteiger partial charge in [-0.3, -0.25) is 0 Å². The van der Waals surface area contributed by atoms with Crippen LogP contribution in [0.4, 0.5) is 4.79 Å².